The third kappa shape index (κ3) is 38.3. The van der Waals surface area contributed by atoms with Crippen LogP contribution >= 0.6 is 7.82 Å². The van der Waals surface area contributed by atoms with E-state index in [1.807, 2.05) is 37.3 Å². The highest BCUT2D eigenvalue weighted by atomic mass is 31.2. The molecular weight excluding hydrogens is 735 g/mol. The first-order chi connectivity index (χ1) is 27.1. The number of rotatable bonds is 38. The van der Waals surface area contributed by atoms with Crippen LogP contribution < -0.4 is 0 Å². The van der Waals surface area contributed by atoms with Gasteiger partial charge in [-0.05, 0) is 70.6 Å². The number of carbonyl (C=O) groups is 2. The Balaban J connectivity index is 4.45. The monoisotopic (exact) mass is 811 g/mol. The Bertz CT molecular complexity index is 1180. The highest BCUT2D eigenvalue weighted by Gasteiger charge is 2.27. The SMILES string of the molecule is CCCCCCCC/C=C\CCCCCCCC(=O)O[C@H](COC(=O)CCC/C=C\C/C=C\C/C=C\C/C=C\C=C\[C@@H](O)CC)COP(=O)(O)OC[C@@H](O)CO. The summed E-state index contributed by atoms with van der Waals surface area (Å²) >= 11 is 0. The molecule has 0 fully saturated rings. The minimum absolute atomic E-state index is 0.144. The molecule has 0 aromatic carbocycles. The molecule has 0 aliphatic heterocycles. The molecular formula is C44H75O11P. The molecule has 0 bridgehead atoms. The molecule has 0 heterocycles. The summed E-state index contributed by atoms with van der Waals surface area (Å²) in [6.45, 7) is 1.94. The number of ether oxygens (including phenoxy) is 2. The van der Waals surface area contributed by atoms with E-state index in [1.165, 1.54) is 38.5 Å². The maximum atomic E-state index is 12.6. The van der Waals surface area contributed by atoms with Gasteiger partial charge in [0.25, 0.3) is 0 Å². The largest absolute Gasteiger partial charge is 0.472 e. The lowest BCUT2D eigenvalue weighted by Gasteiger charge is -2.20. The summed E-state index contributed by atoms with van der Waals surface area (Å²) in [5, 5.41) is 27.8. The second-order valence-corrected chi connectivity index (χ2v) is 15.3. The quantitative estimate of drug-likeness (QED) is 0.0154. The van der Waals surface area contributed by atoms with Crippen LogP contribution in [0.2, 0.25) is 0 Å². The summed E-state index contributed by atoms with van der Waals surface area (Å²) in [4.78, 5) is 34.9. The van der Waals surface area contributed by atoms with Gasteiger partial charge < -0.3 is 29.7 Å². The molecule has 0 aromatic rings. The second kappa shape index (κ2) is 39.2. The minimum Gasteiger partial charge on any atom is -0.462 e. The van der Waals surface area contributed by atoms with Gasteiger partial charge in [-0.25, -0.2) is 4.57 Å². The van der Waals surface area contributed by atoms with Crippen molar-refractivity contribution in [1.29, 1.82) is 0 Å². The van der Waals surface area contributed by atoms with Gasteiger partial charge in [0.05, 0.1) is 25.9 Å². The molecule has 0 saturated heterocycles. The third-order valence-electron chi connectivity index (χ3n) is 8.50. The van der Waals surface area contributed by atoms with E-state index >= 15 is 0 Å². The first-order valence-corrected chi connectivity index (χ1v) is 22.5. The fraction of sp³-hybridized carbons (Fsp3) is 0.682. The number of hydrogen-bond donors (Lipinski definition) is 4. The first kappa shape index (κ1) is 53.4. The Morgan fingerprint density at radius 2 is 1.12 bits per heavy atom. The topological polar surface area (TPSA) is 169 Å². The number of carbonyl (C=O) groups excluding carboxylic acids is 2. The molecule has 1 unspecified atom stereocenters. The summed E-state index contributed by atoms with van der Waals surface area (Å²) in [6.07, 6.45) is 41.1. The molecule has 4 N–H and O–H groups in total. The third-order valence-corrected chi connectivity index (χ3v) is 9.45. The predicted molar refractivity (Wildman–Crippen MR) is 225 cm³/mol. The van der Waals surface area contributed by atoms with Crippen LogP contribution in [0.3, 0.4) is 0 Å². The molecule has 322 valence electrons. The Morgan fingerprint density at radius 3 is 1.75 bits per heavy atom. The van der Waals surface area contributed by atoms with Crippen molar-refractivity contribution < 1.29 is 52.9 Å². The van der Waals surface area contributed by atoms with Gasteiger partial charge >= 0.3 is 19.8 Å². The van der Waals surface area contributed by atoms with Gasteiger partial charge in [-0.3, -0.25) is 18.6 Å². The lowest BCUT2D eigenvalue weighted by Crippen LogP contribution is -2.29. The summed E-state index contributed by atoms with van der Waals surface area (Å²) < 4.78 is 32.6. The standard InChI is InChI=1S/C44H75O11P/c1-3-5-6-7-8-9-10-11-12-17-20-23-26-29-32-35-44(49)55-42(39-54-56(50,51)53-37-41(47)36-45)38-52-43(48)34-31-28-25-22-19-16-14-13-15-18-21-24-27-30-33-40(46)4-2/h11-12,14-16,18,22,24-25,27,30,33,40-42,45-47H,3-10,13,17,19-21,23,26,28-29,31-32,34-39H2,1-2H3,(H,50,51)/b12-11-,16-14-,18-15-,25-22-,27-24-,33-30+/t40-,41-,42+/m0/s1. The molecule has 0 spiro atoms. The number of aliphatic hydroxyl groups is 3. The lowest BCUT2D eigenvalue weighted by molar-refractivity contribution is -0.161. The van der Waals surface area contributed by atoms with Crippen molar-refractivity contribution in [2.45, 2.75) is 167 Å². The summed E-state index contributed by atoms with van der Waals surface area (Å²) in [5.74, 6) is -1.03. The van der Waals surface area contributed by atoms with Gasteiger partial charge in [0, 0.05) is 12.8 Å². The van der Waals surface area contributed by atoms with Crippen LogP contribution in [0, 0.1) is 0 Å². The molecule has 0 aromatic heterocycles. The van der Waals surface area contributed by atoms with Crippen LogP contribution in [-0.4, -0.2) is 76.9 Å². The van der Waals surface area contributed by atoms with E-state index in [0.717, 1.165) is 57.8 Å². The van der Waals surface area contributed by atoms with E-state index in [9.17, 15) is 29.3 Å². The molecule has 0 aliphatic carbocycles. The van der Waals surface area contributed by atoms with Crippen LogP contribution in [0.25, 0.3) is 0 Å². The van der Waals surface area contributed by atoms with Crippen molar-refractivity contribution in [1.82, 2.24) is 0 Å². The molecule has 0 aliphatic rings. The number of allylic oxidation sites excluding steroid dienone is 11. The normalized spacial score (nSPS) is 15.2. The zero-order chi connectivity index (χ0) is 41.4. The van der Waals surface area contributed by atoms with Gasteiger partial charge in [0.2, 0.25) is 0 Å². The smallest absolute Gasteiger partial charge is 0.462 e. The number of aliphatic hydroxyl groups excluding tert-OH is 3. The zero-order valence-electron chi connectivity index (χ0n) is 34.4. The highest BCUT2D eigenvalue weighted by molar-refractivity contribution is 7.47. The van der Waals surface area contributed by atoms with Crippen LogP contribution in [0.1, 0.15) is 149 Å². The van der Waals surface area contributed by atoms with Crippen molar-refractivity contribution in [3.63, 3.8) is 0 Å². The van der Waals surface area contributed by atoms with E-state index < -0.39 is 51.8 Å². The Labute approximate surface area is 338 Å². The first-order valence-electron chi connectivity index (χ1n) is 21.0. The fourth-order valence-electron chi connectivity index (χ4n) is 5.09. The van der Waals surface area contributed by atoms with Gasteiger partial charge in [-0.15, -0.1) is 0 Å². The van der Waals surface area contributed by atoms with Crippen LogP contribution in [-0.2, 0) is 32.7 Å². The summed E-state index contributed by atoms with van der Waals surface area (Å²) in [6, 6.07) is 0. The van der Waals surface area contributed by atoms with Gasteiger partial charge in [0.1, 0.15) is 12.7 Å². The predicted octanol–water partition coefficient (Wildman–Crippen LogP) is 9.86. The van der Waals surface area contributed by atoms with E-state index in [-0.39, 0.29) is 25.6 Å². The average molecular weight is 811 g/mol. The average Bonchev–Trinajstić information content (AvgIpc) is 3.19. The van der Waals surface area contributed by atoms with Crippen molar-refractivity contribution in [2.75, 3.05) is 26.4 Å². The van der Waals surface area contributed by atoms with E-state index in [2.05, 4.69) is 47.9 Å². The summed E-state index contributed by atoms with van der Waals surface area (Å²) in [5.41, 5.74) is 0. The molecule has 0 amide bonds. The van der Waals surface area contributed by atoms with E-state index in [1.54, 1.807) is 6.08 Å². The maximum absolute atomic E-state index is 12.6. The lowest BCUT2D eigenvalue weighted by atomic mass is 10.1. The van der Waals surface area contributed by atoms with Gasteiger partial charge in [-0.1, -0.05) is 138 Å². The number of esters is 2. The van der Waals surface area contributed by atoms with Crippen molar-refractivity contribution in [2.24, 2.45) is 0 Å². The van der Waals surface area contributed by atoms with Crippen molar-refractivity contribution >= 4 is 19.8 Å². The number of phosphoric acid groups is 1. The van der Waals surface area contributed by atoms with Crippen LogP contribution in [0.15, 0.2) is 72.9 Å². The van der Waals surface area contributed by atoms with Gasteiger partial charge in [0.15, 0.2) is 6.10 Å². The molecule has 0 rings (SSSR count). The van der Waals surface area contributed by atoms with Crippen LogP contribution in [0.5, 0.6) is 0 Å². The molecule has 0 saturated carbocycles. The highest BCUT2D eigenvalue weighted by Crippen LogP contribution is 2.43. The fourth-order valence-corrected chi connectivity index (χ4v) is 5.88. The van der Waals surface area contributed by atoms with Gasteiger partial charge in [-0.2, -0.15) is 0 Å². The number of phosphoric ester groups is 1. The zero-order valence-corrected chi connectivity index (χ0v) is 35.3. The van der Waals surface area contributed by atoms with Crippen molar-refractivity contribution in [3.8, 4) is 0 Å². The second-order valence-electron chi connectivity index (χ2n) is 13.8. The molecule has 56 heavy (non-hydrogen) atoms. The number of hydrogen-bond acceptors (Lipinski definition) is 10. The Hall–Kier alpha value is -2.63. The number of unbranched alkanes of at least 4 members (excludes halogenated alkanes) is 12. The molecule has 4 atom stereocenters. The Kier molecular flexibility index (Phi) is 37.4. The van der Waals surface area contributed by atoms with Crippen LogP contribution in [0.4, 0.5) is 0 Å². The molecule has 11 nitrogen and oxygen atoms in total. The maximum Gasteiger partial charge on any atom is 0.472 e. The van der Waals surface area contributed by atoms with E-state index in [0.29, 0.717) is 25.7 Å². The van der Waals surface area contributed by atoms with Crippen molar-refractivity contribution in [3.05, 3.63) is 72.9 Å². The Morgan fingerprint density at radius 1 is 0.607 bits per heavy atom. The molecule has 12 heteroatoms. The molecule has 0 radical (unpaired) electrons. The van der Waals surface area contributed by atoms with E-state index in [4.69, 9.17) is 19.1 Å². The minimum atomic E-state index is -4.64. The summed E-state index contributed by atoms with van der Waals surface area (Å²) in [7, 11) is -4.64.